The molecule has 1 atom stereocenters. The van der Waals surface area contributed by atoms with Gasteiger partial charge in [-0.05, 0) is 13.0 Å². The molecule has 0 aliphatic carbocycles. The van der Waals surface area contributed by atoms with Crippen LogP contribution in [0, 0.1) is 0 Å². The SMILES string of the molecule is CC(CC(=O)NN)N1CCN(c2ncccn2)CC1. The largest absolute Gasteiger partial charge is 0.338 e. The number of nitrogens with one attached hydrogen (secondary N) is 1. The molecular formula is C12H20N6O. The molecule has 1 aromatic rings. The molecule has 1 aliphatic heterocycles. The average Bonchev–Trinajstić information content (AvgIpc) is 2.48. The van der Waals surface area contributed by atoms with Gasteiger partial charge in [-0.15, -0.1) is 0 Å². The Labute approximate surface area is 112 Å². The van der Waals surface area contributed by atoms with Crippen molar-refractivity contribution in [2.24, 2.45) is 5.84 Å². The van der Waals surface area contributed by atoms with E-state index >= 15 is 0 Å². The summed E-state index contributed by atoms with van der Waals surface area (Å²) in [4.78, 5) is 24.2. The van der Waals surface area contributed by atoms with Gasteiger partial charge in [-0.1, -0.05) is 0 Å². The molecular weight excluding hydrogens is 244 g/mol. The van der Waals surface area contributed by atoms with Gasteiger partial charge in [0, 0.05) is 51.0 Å². The van der Waals surface area contributed by atoms with Crippen LogP contribution in [0.15, 0.2) is 18.5 Å². The zero-order valence-corrected chi connectivity index (χ0v) is 11.1. The van der Waals surface area contributed by atoms with Crippen molar-refractivity contribution >= 4 is 11.9 Å². The number of amides is 1. The minimum Gasteiger partial charge on any atom is -0.338 e. The zero-order valence-electron chi connectivity index (χ0n) is 11.1. The Kier molecular flexibility index (Phi) is 4.64. The van der Waals surface area contributed by atoms with Crippen molar-refractivity contribution in [3.05, 3.63) is 18.5 Å². The van der Waals surface area contributed by atoms with Crippen molar-refractivity contribution in [2.45, 2.75) is 19.4 Å². The van der Waals surface area contributed by atoms with Gasteiger partial charge in [-0.25, -0.2) is 15.8 Å². The molecule has 2 heterocycles. The highest BCUT2D eigenvalue weighted by molar-refractivity contribution is 5.75. The summed E-state index contributed by atoms with van der Waals surface area (Å²) < 4.78 is 0. The molecule has 3 N–H and O–H groups in total. The van der Waals surface area contributed by atoms with Crippen LogP contribution in [0.3, 0.4) is 0 Å². The molecule has 7 heteroatoms. The van der Waals surface area contributed by atoms with Crippen molar-refractivity contribution < 1.29 is 4.79 Å². The average molecular weight is 264 g/mol. The van der Waals surface area contributed by atoms with Crippen LogP contribution in [0.25, 0.3) is 0 Å². The third kappa shape index (κ3) is 3.62. The molecule has 0 radical (unpaired) electrons. The summed E-state index contributed by atoms with van der Waals surface area (Å²) in [6.45, 7) is 5.59. The molecule has 1 aliphatic rings. The van der Waals surface area contributed by atoms with E-state index in [1.54, 1.807) is 12.4 Å². The molecule has 1 fully saturated rings. The van der Waals surface area contributed by atoms with Gasteiger partial charge in [-0.3, -0.25) is 15.1 Å². The van der Waals surface area contributed by atoms with Gasteiger partial charge < -0.3 is 4.90 Å². The minimum absolute atomic E-state index is 0.124. The van der Waals surface area contributed by atoms with Crippen molar-refractivity contribution in [1.82, 2.24) is 20.3 Å². The normalized spacial score (nSPS) is 18.1. The van der Waals surface area contributed by atoms with E-state index in [2.05, 4.69) is 25.2 Å². The molecule has 7 nitrogen and oxygen atoms in total. The van der Waals surface area contributed by atoms with Crippen LogP contribution in [0.5, 0.6) is 0 Å². The maximum absolute atomic E-state index is 11.3. The van der Waals surface area contributed by atoms with E-state index in [4.69, 9.17) is 5.84 Å². The second-order valence-electron chi connectivity index (χ2n) is 4.69. The Morgan fingerprint density at radius 3 is 2.58 bits per heavy atom. The number of nitrogens with two attached hydrogens (primary N) is 1. The fourth-order valence-electron chi connectivity index (χ4n) is 2.27. The Balaban J connectivity index is 1.84. The molecule has 1 amide bonds. The number of carbonyl (C=O) groups is 1. The van der Waals surface area contributed by atoms with Crippen LogP contribution in [0.1, 0.15) is 13.3 Å². The summed E-state index contributed by atoms with van der Waals surface area (Å²) in [6.07, 6.45) is 3.93. The number of hydrogen-bond acceptors (Lipinski definition) is 6. The molecule has 104 valence electrons. The number of aromatic nitrogens is 2. The van der Waals surface area contributed by atoms with E-state index in [1.807, 2.05) is 13.0 Å². The second-order valence-corrected chi connectivity index (χ2v) is 4.69. The number of anilines is 1. The van der Waals surface area contributed by atoms with Crippen molar-refractivity contribution in [2.75, 3.05) is 31.1 Å². The maximum atomic E-state index is 11.3. The number of piperazine rings is 1. The maximum Gasteiger partial charge on any atom is 0.235 e. The summed E-state index contributed by atoms with van der Waals surface area (Å²) in [7, 11) is 0. The first-order chi connectivity index (χ1) is 9.20. The number of rotatable bonds is 4. The second kappa shape index (κ2) is 6.44. The molecule has 0 saturated carbocycles. The quantitative estimate of drug-likeness (QED) is 0.427. The van der Waals surface area contributed by atoms with Crippen molar-refractivity contribution in [3.63, 3.8) is 0 Å². The van der Waals surface area contributed by atoms with E-state index in [0.717, 1.165) is 32.1 Å². The van der Waals surface area contributed by atoms with E-state index in [1.165, 1.54) is 0 Å². The van der Waals surface area contributed by atoms with E-state index < -0.39 is 0 Å². The van der Waals surface area contributed by atoms with Crippen LogP contribution in [-0.4, -0.2) is 53.0 Å². The van der Waals surface area contributed by atoms with Crippen LogP contribution in [0.2, 0.25) is 0 Å². The molecule has 1 aromatic heterocycles. The van der Waals surface area contributed by atoms with Crippen LogP contribution in [0.4, 0.5) is 5.95 Å². The predicted molar refractivity (Wildman–Crippen MR) is 72.2 cm³/mol. The smallest absolute Gasteiger partial charge is 0.235 e. The van der Waals surface area contributed by atoms with Gasteiger partial charge >= 0.3 is 0 Å². The van der Waals surface area contributed by atoms with Crippen molar-refractivity contribution in [3.8, 4) is 0 Å². The summed E-state index contributed by atoms with van der Waals surface area (Å²) in [5.74, 6) is 5.75. The first-order valence-electron chi connectivity index (χ1n) is 6.46. The predicted octanol–water partition coefficient (Wildman–Crippen LogP) is -0.633. The van der Waals surface area contributed by atoms with Crippen molar-refractivity contribution in [1.29, 1.82) is 0 Å². The monoisotopic (exact) mass is 264 g/mol. The lowest BCUT2D eigenvalue weighted by Gasteiger charge is -2.37. The highest BCUT2D eigenvalue weighted by Gasteiger charge is 2.23. The first kappa shape index (κ1) is 13.7. The number of carbonyl (C=O) groups excluding carboxylic acids is 1. The first-order valence-corrected chi connectivity index (χ1v) is 6.46. The zero-order chi connectivity index (χ0) is 13.7. The van der Waals surface area contributed by atoms with E-state index in [9.17, 15) is 4.79 Å². The summed E-state index contributed by atoms with van der Waals surface area (Å²) in [5, 5.41) is 0. The molecule has 1 unspecified atom stereocenters. The molecule has 19 heavy (non-hydrogen) atoms. The van der Waals surface area contributed by atoms with Gasteiger partial charge in [0.2, 0.25) is 11.9 Å². The lowest BCUT2D eigenvalue weighted by atomic mass is 10.1. The van der Waals surface area contributed by atoms with Gasteiger partial charge in [0.05, 0.1) is 0 Å². The molecule has 0 aromatic carbocycles. The lowest BCUT2D eigenvalue weighted by molar-refractivity contribution is -0.122. The van der Waals surface area contributed by atoms with E-state index in [0.29, 0.717) is 6.42 Å². The number of hydrogen-bond donors (Lipinski definition) is 2. The standard InChI is InChI=1S/C12H20N6O/c1-10(9-11(19)16-13)17-5-7-18(8-6-17)12-14-3-2-4-15-12/h2-4,10H,5-9,13H2,1H3,(H,16,19). The molecule has 1 saturated heterocycles. The van der Waals surface area contributed by atoms with Gasteiger partial charge in [0.1, 0.15) is 0 Å². The summed E-state index contributed by atoms with van der Waals surface area (Å²) in [6, 6.07) is 2.01. The summed E-state index contributed by atoms with van der Waals surface area (Å²) in [5.41, 5.74) is 2.17. The highest BCUT2D eigenvalue weighted by Crippen LogP contribution is 2.12. The fraction of sp³-hybridized carbons (Fsp3) is 0.583. The molecule has 2 rings (SSSR count). The highest BCUT2D eigenvalue weighted by atomic mass is 16.2. The minimum atomic E-state index is -0.124. The Morgan fingerprint density at radius 2 is 2.00 bits per heavy atom. The Hall–Kier alpha value is -1.73. The summed E-state index contributed by atoms with van der Waals surface area (Å²) >= 11 is 0. The lowest BCUT2D eigenvalue weighted by Crippen LogP contribution is -2.51. The topological polar surface area (TPSA) is 87.4 Å². The molecule has 0 spiro atoms. The van der Waals surface area contributed by atoms with Crippen LogP contribution >= 0.6 is 0 Å². The molecule has 0 bridgehead atoms. The third-order valence-corrected chi connectivity index (χ3v) is 3.41. The van der Waals surface area contributed by atoms with Gasteiger partial charge in [-0.2, -0.15) is 0 Å². The Bertz CT molecular complexity index is 404. The number of nitrogens with zero attached hydrogens (tertiary/aromatic N) is 4. The Morgan fingerprint density at radius 1 is 1.37 bits per heavy atom. The van der Waals surface area contributed by atoms with Gasteiger partial charge in [0.25, 0.3) is 0 Å². The fourth-order valence-corrected chi connectivity index (χ4v) is 2.27. The third-order valence-electron chi connectivity index (χ3n) is 3.41. The number of hydrazine groups is 1. The van der Waals surface area contributed by atoms with E-state index in [-0.39, 0.29) is 11.9 Å². The van der Waals surface area contributed by atoms with Gasteiger partial charge in [0.15, 0.2) is 0 Å². The van der Waals surface area contributed by atoms with Crippen LogP contribution in [-0.2, 0) is 4.79 Å². The van der Waals surface area contributed by atoms with Crippen LogP contribution < -0.4 is 16.2 Å².